The zero-order valence-electron chi connectivity index (χ0n) is 12.2. The zero-order chi connectivity index (χ0) is 14.5. The number of halogens is 1. The molecule has 3 nitrogen and oxygen atoms in total. The highest BCUT2D eigenvalue weighted by Crippen LogP contribution is 2.25. The molecular formula is C16H21BrN2O. The molecule has 4 heteroatoms. The van der Waals surface area contributed by atoms with Crippen molar-refractivity contribution in [1.29, 1.82) is 0 Å². The number of rotatable bonds is 6. The molecule has 1 N–H and O–H groups in total. The van der Waals surface area contributed by atoms with Gasteiger partial charge in [0.15, 0.2) is 0 Å². The molecule has 0 aliphatic rings. The minimum absolute atomic E-state index is 0.470. The van der Waals surface area contributed by atoms with E-state index in [0.29, 0.717) is 6.04 Å². The molecule has 0 fully saturated rings. The molecule has 0 aliphatic heterocycles. The molecule has 2 rings (SSSR count). The van der Waals surface area contributed by atoms with Crippen molar-refractivity contribution in [2.24, 2.45) is 0 Å². The highest BCUT2D eigenvalue weighted by atomic mass is 79.9. The van der Waals surface area contributed by atoms with Crippen LogP contribution in [0.15, 0.2) is 45.5 Å². The summed E-state index contributed by atoms with van der Waals surface area (Å²) in [5.41, 5.74) is 2.50. The highest BCUT2D eigenvalue weighted by Gasteiger charge is 2.10. The molecular weight excluding hydrogens is 316 g/mol. The van der Waals surface area contributed by atoms with Crippen molar-refractivity contribution in [2.45, 2.75) is 33.0 Å². The second-order valence-corrected chi connectivity index (χ2v) is 6.16. The van der Waals surface area contributed by atoms with E-state index in [9.17, 15) is 0 Å². The Kier molecular flexibility index (Phi) is 5.26. The van der Waals surface area contributed by atoms with Crippen molar-refractivity contribution in [3.05, 3.63) is 52.4 Å². The van der Waals surface area contributed by atoms with Crippen molar-refractivity contribution in [1.82, 2.24) is 5.32 Å². The van der Waals surface area contributed by atoms with Crippen LogP contribution in [0.1, 0.15) is 25.2 Å². The van der Waals surface area contributed by atoms with Gasteiger partial charge in [0, 0.05) is 29.8 Å². The monoisotopic (exact) mass is 336 g/mol. The number of hydrogen-bond acceptors (Lipinski definition) is 3. The Hall–Kier alpha value is -1.26. The fraction of sp³-hybridized carbons (Fsp3) is 0.375. The predicted molar refractivity (Wildman–Crippen MR) is 86.9 cm³/mol. The van der Waals surface area contributed by atoms with Crippen LogP contribution in [-0.2, 0) is 13.1 Å². The molecule has 1 aromatic carbocycles. The minimum atomic E-state index is 0.470. The lowest BCUT2D eigenvalue weighted by atomic mass is 10.1. The van der Waals surface area contributed by atoms with Crippen LogP contribution in [0.2, 0.25) is 0 Å². The molecule has 0 saturated carbocycles. The zero-order valence-corrected chi connectivity index (χ0v) is 13.8. The van der Waals surface area contributed by atoms with Crippen LogP contribution in [-0.4, -0.2) is 13.1 Å². The van der Waals surface area contributed by atoms with Gasteiger partial charge in [0.2, 0.25) is 0 Å². The van der Waals surface area contributed by atoms with E-state index in [1.54, 1.807) is 6.26 Å². The summed E-state index contributed by atoms with van der Waals surface area (Å²) < 4.78 is 6.53. The fourth-order valence-corrected chi connectivity index (χ4v) is 2.51. The number of anilines is 1. The molecule has 0 amide bonds. The van der Waals surface area contributed by atoms with E-state index >= 15 is 0 Å². The molecule has 1 heterocycles. The molecule has 0 radical (unpaired) electrons. The largest absolute Gasteiger partial charge is 0.467 e. The molecule has 20 heavy (non-hydrogen) atoms. The van der Waals surface area contributed by atoms with Gasteiger partial charge < -0.3 is 14.6 Å². The summed E-state index contributed by atoms with van der Waals surface area (Å²) in [4.78, 5) is 2.21. The third-order valence-corrected chi connectivity index (χ3v) is 3.62. The Morgan fingerprint density at radius 2 is 2.10 bits per heavy atom. The summed E-state index contributed by atoms with van der Waals surface area (Å²) >= 11 is 3.55. The van der Waals surface area contributed by atoms with Gasteiger partial charge in [0.1, 0.15) is 5.76 Å². The number of nitrogens with zero attached hydrogens (tertiary/aromatic N) is 1. The Bertz CT molecular complexity index is 537. The lowest BCUT2D eigenvalue weighted by Gasteiger charge is -2.22. The Labute approximate surface area is 129 Å². The summed E-state index contributed by atoms with van der Waals surface area (Å²) in [5.74, 6) is 0.971. The van der Waals surface area contributed by atoms with Crippen molar-refractivity contribution in [3.63, 3.8) is 0 Å². The van der Waals surface area contributed by atoms with Crippen LogP contribution in [0.3, 0.4) is 0 Å². The van der Waals surface area contributed by atoms with Crippen LogP contribution < -0.4 is 10.2 Å². The van der Waals surface area contributed by atoms with Gasteiger partial charge in [-0.25, -0.2) is 0 Å². The maximum absolute atomic E-state index is 5.42. The fourth-order valence-electron chi connectivity index (χ4n) is 2.10. The van der Waals surface area contributed by atoms with Crippen LogP contribution in [0.25, 0.3) is 0 Å². The van der Waals surface area contributed by atoms with Gasteiger partial charge in [-0.3, -0.25) is 0 Å². The topological polar surface area (TPSA) is 28.4 Å². The van der Waals surface area contributed by atoms with Crippen molar-refractivity contribution < 1.29 is 4.42 Å². The number of furan rings is 1. The molecule has 0 aliphatic carbocycles. The molecule has 0 atom stereocenters. The average Bonchev–Trinajstić information content (AvgIpc) is 2.89. The molecule has 1 aromatic heterocycles. The third-order valence-electron chi connectivity index (χ3n) is 3.13. The second-order valence-electron chi connectivity index (χ2n) is 5.24. The third kappa shape index (κ3) is 4.12. The normalized spacial score (nSPS) is 11.1. The van der Waals surface area contributed by atoms with Gasteiger partial charge in [0.05, 0.1) is 12.8 Å². The first-order chi connectivity index (χ1) is 9.56. The highest BCUT2D eigenvalue weighted by molar-refractivity contribution is 9.10. The summed E-state index contributed by atoms with van der Waals surface area (Å²) in [6, 6.07) is 10.8. The standard InChI is InChI=1S/C16H21BrN2O/c1-12(2)18-10-13-9-14(17)6-7-16(13)19(3)11-15-5-4-8-20-15/h4-9,12,18H,10-11H2,1-3H3. The quantitative estimate of drug-likeness (QED) is 0.857. The maximum atomic E-state index is 5.42. The van der Waals surface area contributed by atoms with Crippen LogP contribution in [0.4, 0.5) is 5.69 Å². The number of hydrogen-bond donors (Lipinski definition) is 1. The molecule has 2 aromatic rings. The molecule has 0 spiro atoms. The van der Waals surface area contributed by atoms with Gasteiger partial charge >= 0.3 is 0 Å². The van der Waals surface area contributed by atoms with E-state index in [1.807, 2.05) is 12.1 Å². The van der Waals surface area contributed by atoms with E-state index in [1.165, 1.54) is 11.3 Å². The average molecular weight is 337 g/mol. The van der Waals surface area contributed by atoms with Gasteiger partial charge in [-0.1, -0.05) is 29.8 Å². The van der Waals surface area contributed by atoms with Gasteiger partial charge in [-0.05, 0) is 35.9 Å². The van der Waals surface area contributed by atoms with Crippen molar-refractivity contribution in [3.8, 4) is 0 Å². The first-order valence-corrected chi connectivity index (χ1v) is 7.61. The lowest BCUT2D eigenvalue weighted by molar-refractivity contribution is 0.507. The smallest absolute Gasteiger partial charge is 0.123 e. The van der Waals surface area contributed by atoms with Crippen molar-refractivity contribution in [2.75, 3.05) is 11.9 Å². The van der Waals surface area contributed by atoms with E-state index in [-0.39, 0.29) is 0 Å². The van der Waals surface area contributed by atoms with Crippen molar-refractivity contribution >= 4 is 21.6 Å². The Morgan fingerprint density at radius 3 is 2.75 bits per heavy atom. The van der Waals surface area contributed by atoms with Crippen LogP contribution in [0.5, 0.6) is 0 Å². The van der Waals surface area contributed by atoms with Crippen LogP contribution >= 0.6 is 15.9 Å². The lowest BCUT2D eigenvalue weighted by Crippen LogP contribution is -2.24. The molecule has 0 unspecified atom stereocenters. The first-order valence-electron chi connectivity index (χ1n) is 6.81. The van der Waals surface area contributed by atoms with E-state index in [2.05, 4.69) is 65.2 Å². The van der Waals surface area contributed by atoms with Crippen LogP contribution in [0, 0.1) is 0 Å². The van der Waals surface area contributed by atoms with Gasteiger partial charge in [-0.2, -0.15) is 0 Å². The summed E-state index contributed by atoms with van der Waals surface area (Å²) in [6.07, 6.45) is 1.71. The summed E-state index contributed by atoms with van der Waals surface area (Å²) in [7, 11) is 2.09. The first kappa shape index (κ1) is 15.1. The summed E-state index contributed by atoms with van der Waals surface area (Å²) in [6.45, 7) is 5.94. The number of nitrogens with one attached hydrogen (secondary N) is 1. The molecule has 0 saturated heterocycles. The minimum Gasteiger partial charge on any atom is -0.467 e. The predicted octanol–water partition coefficient (Wildman–Crippen LogP) is 4.18. The Morgan fingerprint density at radius 1 is 1.30 bits per heavy atom. The maximum Gasteiger partial charge on any atom is 0.123 e. The Balaban J connectivity index is 2.16. The number of benzene rings is 1. The second kappa shape index (κ2) is 6.95. The molecule has 108 valence electrons. The van der Waals surface area contributed by atoms with Gasteiger partial charge in [-0.15, -0.1) is 0 Å². The van der Waals surface area contributed by atoms with E-state index in [0.717, 1.165) is 23.3 Å². The SMILES string of the molecule is CC(C)NCc1cc(Br)ccc1N(C)Cc1ccco1. The van der Waals surface area contributed by atoms with E-state index in [4.69, 9.17) is 4.42 Å². The molecule has 0 bridgehead atoms. The summed E-state index contributed by atoms with van der Waals surface area (Å²) in [5, 5.41) is 3.47. The van der Waals surface area contributed by atoms with Gasteiger partial charge in [0.25, 0.3) is 0 Å². The van der Waals surface area contributed by atoms with E-state index < -0.39 is 0 Å².